The smallest absolute Gasteiger partial charge is 0.223 e. The van der Waals surface area contributed by atoms with Gasteiger partial charge in [-0.2, -0.15) is 0 Å². The van der Waals surface area contributed by atoms with Crippen molar-refractivity contribution >= 4 is 11.8 Å². The predicted octanol–water partition coefficient (Wildman–Crippen LogP) is 1.42. The minimum Gasteiger partial charge on any atom is -0.356 e. The number of hydrogen-bond acceptors (Lipinski definition) is 3. The number of hydrogen-bond donors (Lipinski definition) is 3. The zero-order chi connectivity index (χ0) is 15.8. The lowest BCUT2D eigenvalue weighted by molar-refractivity contribution is -0.126. The van der Waals surface area contributed by atoms with Gasteiger partial charge in [0.2, 0.25) is 11.8 Å². The minimum absolute atomic E-state index is 0.00339. The number of carbonyl (C=O) groups is 2. The predicted molar refractivity (Wildman–Crippen MR) is 84.6 cm³/mol. The molecule has 0 heterocycles. The fraction of sp³-hybridized carbons (Fsp3) is 0.875. The molecule has 0 aromatic heterocycles. The van der Waals surface area contributed by atoms with Gasteiger partial charge in [0.25, 0.3) is 0 Å². The van der Waals surface area contributed by atoms with Crippen molar-refractivity contribution in [3.05, 3.63) is 0 Å². The Hall–Kier alpha value is -1.10. The molecule has 0 bridgehead atoms. The van der Waals surface area contributed by atoms with Gasteiger partial charge in [0.05, 0.1) is 0 Å². The molecule has 21 heavy (non-hydrogen) atoms. The highest BCUT2D eigenvalue weighted by Gasteiger charge is 2.28. The summed E-state index contributed by atoms with van der Waals surface area (Å²) in [4.78, 5) is 23.7. The van der Waals surface area contributed by atoms with E-state index >= 15 is 0 Å². The number of carbonyl (C=O) groups excluding carboxylic acids is 2. The van der Waals surface area contributed by atoms with Crippen LogP contribution in [0.2, 0.25) is 0 Å². The van der Waals surface area contributed by atoms with Crippen molar-refractivity contribution in [3.63, 3.8) is 0 Å². The van der Waals surface area contributed by atoms with Gasteiger partial charge in [0.15, 0.2) is 0 Å². The summed E-state index contributed by atoms with van der Waals surface area (Å²) in [5.74, 6) is 0.847. The van der Waals surface area contributed by atoms with Gasteiger partial charge < -0.3 is 16.4 Å². The molecule has 122 valence electrons. The van der Waals surface area contributed by atoms with Gasteiger partial charge in [-0.05, 0) is 31.1 Å². The van der Waals surface area contributed by atoms with Crippen LogP contribution < -0.4 is 16.4 Å². The molecule has 0 spiro atoms. The number of nitrogens with one attached hydrogen (secondary N) is 2. The number of nitrogens with two attached hydrogens (primary N) is 1. The van der Waals surface area contributed by atoms with Gasteiger partial charge in [-0.15, -0.1) is 0 Å². The lowest BCUT2D eigenvalue weighted by Gasteiger charge is -2.30. The Labute approximate surface area is 128 Å². The molecule has 5 heteroatoms. The van der Waals surface area contributed by atoms with E-state index in [4.69, 9.17) is 5.73 Å². The van der Waals surface area contributed by atoms with Crippen molar-refractivity contribution < 1.29 is 9.59 Å². The Morgan fingerprint density at radius 1 is 1.19 bits per heavy atom. The summed E-state index contributed by atoms with van der Waals surface area (Å²) in [6, 6.07) is 0.237. The van der Waals surface area contributed by atoms with Crippen LogP contribution in [0.1, 0.15) is 52.9 Å². The summed E-state index contributed by atoms with van der Waals surface area (Å²) in [5.41, 5.74) is 5.98. The Morgan fingerprint density at radius 2 is 1.90 bits per heavy atom. The molecule has 3 unspecified atom stereocenters. The van der Waals surface area contributed by atoms with Crippen LogP contribution in [-0.4, -0.2) is 30.9 Å². The third kappa shape index (κ3) is 6.93. The monoisotopic (exact) mass is 297 g/mol. The Bertz CT molecular complexity index is 344. The van der Waals surface area contributed by atoms with E-state index in [1.54, 1.807) is 0 Å². The first-order valence-electron chi connectivity index (χ1n) is 8.20. The molecule has 1 saturated carbocycles. The average Bonchev–Trinajstić information content (AvgIpc) is 2.44. The molecule has 0 aliphatic heterocycles. The third-order valence-electron chi connectivity index (χ3n) is 4.23. The maximum atomic E-state index is 12.1. The Kier molecular flexibility index (Phi) is 7.72. The van der Waals surface area contributed by atoms with Crippen LogP contribution in [-0.2, 0) is 9.59 Å². The molecule has 1 aliphatic rings. The summed E-state index contributed by atoms with van der Waals surface area (Å²) < 4.78 is 0. The fourth-order valence-corrected chi connectivity index (χ4v) is 2.80. The van der Waals surface area contributed by atoms with Crippen LogP contribution in [0.3, 0.4) is 0 Å². The highest BCUT2D eigenvalue weighted by molar-refractivity contribution is 5.80. The second-order valence-corrected chi connectivity index (χ2v) is 6.71. The quantitative estimate of drug-likeness (QED) is 0.664. The van der Waals surface area contributed by atoms with Crippen molar-refractivity contribution in [1.82, 2.24) is 10.6 Å². The summed E-state index contributed by atoms with van der Waals surface area (Å²) in [6.45, 7) is 7.17. The van der Waals surface area contributed by atoms with Gasteiger partial charge in [0.1, 0.15) is 0 Å². The second kappa shape index (κ2) is 9.03. The van der Waals surface area contributed by atoms with Crippen molar-refractivity contribution in [2.45, 2.75) is 58.9 Å². The van der Waals surface area contributed by atoms with E-state index in [1.807, 2.05) is 6.92 Å². The molecular weight excluding hydrogens is 266 g/mol. The SMILES string of the molecule is CC(C)CNC(=O)CCNC(=O)C(C)C1CCCC(N)C1. The van der Waals surface area contributed by atoms with E-state index in [0.29, 0.717) is 31.3 Å². The van der Waals surface area contributed by atoms with Gasteiger partial charge in [0, 0.05) is 31.5 Å². The van der Waals surface area contributed by atoms with Crippen molar-refractivity contribution in [2.75, 3.05) is 13.1 Å². The highest BCUT2D eigenvalue weighted by Crippen LogP contribution is 2.29. The normalized spacial score (nSPS) is 23.7. The largest absolute Gasteiger partial charge is 0.356 e. The molecule has 0 saturated heterocycles. The maximum Gasteiger partial charge on any atom is 0.223 e. The molecule has 0 aromatic carbocycles. The van der Waals surface area contributed by atoms with E-state index in [2.05, 4.69) is 24.5 Å². The van der Waals surface area contributed by atoms with Crippen molar-refractivity contribution in [3.8, 4) is 0 Å². The summed E-state index contributed by atoms with van der Waals surface area (Å²) in [6.07, 6.45) is 4.54. The van der Waals surface area contributed by atoms with E-state index in [1.165, 1.54) is 0 Å². The third-order valence-corrected chi connectivity index (χ3v) is 4.23. The lowest BCUT2D eigenvalue weighted by atomic mass is 9.78. The van der Waals surface area contributed by atoms with Gasteiger partial charge >= 0.3 is 0 Å². The lowest BCUT2D eigenvalue weighted by Crippen LogP contribution is -2.39. The number of rotatable bonds is 7. The first kappa shape index (κ1) is 18.0. The summed E-state index contributed by atoms with van der Waals surface area (Å²) in [5, 5.41) is 5.72. The molecule has 0 aromatic rings. The first-order chi connectivity index (χ1) is 9.90. The molecule has 3 atom stereocenters. The second-order valence-electron chi connectivity index (χ2n) is 6.71. The molecule has 5 nitrogen and oxygen atoms in total. The minimum atomic E-state index is -0.0184. The maximum absolute atomic E-state index is 12.1. The summed E-state index contributed by atoms with van der Waals surface area (Å²) in [7, 11) is 0. The molecule has 1 fully saturated rings. The number of amides is 2. The van der Waals surface area contributed by atoms with Gasteiger partial charge in [-0.1, -0.05) is 27.2 Å². The van der Waals surface area contributed by atoms with Crippen molar-refractivity contribution in [2.24, 2.45) is 23.5 Å². The van der Waals surface area contributed by atoms with Gasteiger partial charge in [-0.3, -0.25) is 9.59 Å². The zero-order valence-corrected chi connectivity index (χ0v) is 13.7. The van der Waals surface area contributed by atoms with Crippen LogP contribution in [0.25, 0.3) is 0 Å². The van der Waals surface area contributed by atoms with Crippen LogP contribution in [0.4, 0.5) is 0 Å². The van der Waals surface area contributed by atoms with E-state index in [0.717, 1.165) is 25.7 Å². The standard InChI is InChI=1S/C16H31N3O2/c1-11(2)10-19-15(20)7-8-18-16(21)12(3)13-5-4-6-14(17)9-13/h11-14H,4-10,17H2,1-3H3,(H,18,21)(H,19,20). The van der Waals surface area contributed by atoms with E-state index in [9.17, 15) is 9.59 Å². The highest BCUT2D eigenvalue weighted by atomic mass is 16.2. The Balaban J connectivity index is 2.22. The first-order valence-corrected chi connectivity index (χ1v) is 8.20. The Morgan fingerprint density at radius 3 is 2.52 bits per heavy atom. The average molecular weight is 297 g/mol. The van der Waals surface area contributed by atoms with E-state index in [-0.39, 0.29) is 23.8 Å². The molecule has 4 N–H and O–H groups in total. The van der Waals surface area contributed by atoms with Crippen molar-refractivity contribution in [1.29, 1.82) is 0 Å². The van der Waals surface area contributed by atoms with Gasteiger partial charge in [-0.25, -0.2) is 0 Å². The van der Waals surface area contributed by atoms with Crippen LogP contribution in [0.15, 0.2) is 0 Å². The molecule has 1 aliphatic carbocycles. The topological polar surface area (TPSA) is 84.2 Å². The molecule has 1 rings (SSSR count). The van der Waals surface area contributed by atoms with E-state index < -0.39 is 0 Å². The molecule has 2 amide bonds. The molecule has 0 radical (unpaired) electrons. The molecular formula is C16H31N3O2. The summed E-state index contributed by atoms with van der Waals surface area (Å²) >= 11 is 0. The van der Waals surface area contributed by atoms with Crippen LogP contribution in [0, 0.1) is 17.8 Å². The van der Waals surface area contributed by atoms with Crippen LogP contribution >= 0.6 is 0 Å². The fourth-order valence-electron chi connectivity index (χ4n) is 2.80. The van der Waals surface area contributed by atoms with Crippen LogP contribution in [0.5, 0.6) is 0 Å². The zero-order valence-electron chi connectivity index (χ0n) is 13.7.